The number of benzene rings is 1. The maximum absolute atomic E-state index is 6.09. The SMILES string of the molecule is COCC(C)Nc1ncnc(Nc2cccc(Cl)c2)c1N. The Labute approximate surface area is 128 Å². The zero-order chi connectivity index (χ0) is 15.2. The van der Waals surface area contributed by atoms with E-state index in [0.29, 0.717) is 29.0 Å². The average molecular weight is 308 g/mol. The van der Waals surface area contributed by atoms with E-state index in [1.807, 2.05) is 19.1 Å². The Bertz CT molecular complexity index is 608. The van der Waals surface area contributed by atoms with Gasteiger partial charge in [0, 0.05) is 23.9 Å². The molecule has 4 N–H and O–H groups in total. The van der Waals surface area contributed by atoms with Crippen molar-refractivity contribution in [2.75, 3.05) is 30.1 Å². The van der Waals surface area contributed by atoms with Gasteiger partial charge in [0.1, 0.15) is 12.0 Å². The molecular formula is C14H18ClN5O. The Morgan fingerprint density at radius 1 is 1.33 bits per heavy atom. The molecule has 0 aliphatic carbocycles. The summed E-state index contributed by atoms with van der Waals surface area (Å²) >= 11 is 5.96. The van der Waals surface area contributed by atoms with Crippen LogP contribution in [-0.2, 0) is 4.74 Å². The molecule has 7 heteroatoms. The molecule has 0 radical (unpaired) electrons. The molecule has 1 heterocycles. The van der Waals surface area contributed by atoms with Gasteiger partial charge in [-0.1, -0.05) is 17.7 Å². The van der Waals surface area contributed by atoms with Crippen LogP contribution in [0.25, 0.3) is 0 Å². The first-order chi connectivity index (χ1) is 10.1. The molecule has 2 rings (SSSR count). The molecule has 0 aliphatic rings. The summed E-state index contributed by atoms with van der Waals surface area (Å²) < 4.78 is 5.08. The van der Waals surface area contributed by atoms with Crippen molar-refractivity contribution in [1.82, 2.24) is 9.97 Å². The number of nitrogen functional groups attached to an aromatic ring is 1. The van der Waals surface area contributed by atoms with Gasteiger partial charge in [0.2, 0.25) is 0 Å². The molecule has 0 spiro atoms. The highest BCUT2D eigenvalue weighted by Crippen LogP contribution is 2.27. The van der Waals surface area contributed by atoms with Gasteiger partial charge in [-0.05, 0) is 25.1 Å². The average Bonchev–Trinajstić information content (AvgIpc) is 2.44. The molecule has 0 aliphatic heterocycles. The molecule has 0 fully saturated rings. The topological polar surface area (TPSA) is 85.1 Å². The van der Waals surface area contributed by atoms with Gasteiger partial charge in [0.05, 0.1) is 6.61 Å². The zero-order valence-electron chi connectivity index (χ0n) is 11.9. The number of ether oxygens (including phenoxy) is 1. The summed E-state index contributed by atoms with van der Waals surface area (Å²) in [6.07, 6.45) is 1.45. The summed E-state index contributed by atoms with van der Waals surface area (Å²) in [7, 11) is 1.65. The maximum Gasteiger partial charge on any atom is 0.159 e. The van der Waals surface area contributed by atoms with Crippen molar-refractivity contribution in [2.24, 2.45) is 0 Å². The number of hydrogen-bond acceptors (Lipinski definition) is 6. The maximum atomic E-state index is 6.09. The molecule has 1 aromatic heterocycles. The molecule has 21 heavy (non-hydrogen) atoms. The number of halogens is 1. The number of hydrogen-bond donors (Lipinski definition) is 3. The molecule has 0 saturated heterocycles. The van der Waals surface area contributed by atoms with E-state index in [4.69, 9.17) is 22.1 Å². The van der Waals surface area contributed by atoms with Crippen LogP contribution >= 0.6 is 11.6 Å². The third-order valence-corrected chi connectivity index (χ3v) is 3.01. The number of methoxy groups -OCH3 is 1. The largest absolute Gasteiger partial charge is 0.393 e. The first-order valence-corrected chi connectivity index (χ1v) is 6.86. The summed E-state index contributed by atoms with van der Waals surface area (Å²) in [5.41, 5.74) is 7.34. The summed E-state index contributed by atoms with van der Waals surface area (Å²) in [6.45, 7) is 2.54. The first-order valence-electron chi connectivity index (χ1n) is 6.48. The summed E-state index contributed by atoms with van der Waals surface area (Å²) in [5, 5.41) is 6.95. The molecule has 112 valence electrons. The van der Waals surface area contributed by atoms with E-state index >= 15 is 0 Å². The molecule has 0 amide bonds. The molecule has 6 nitrogen and oxygen atoms in total. The lowest BCUT2D eigenvalue weighted by Gasteiger charge is -2.16. The van der Waals surface area contributed by atoms with Gasteiger partial charge in [0.15, 0.2) is 11.6 Å². The van der Waals surface area contributed by atoms with E-state index in [1.54, 1.807) is 19.2 Å². The summed E-state index contributed by atoms with van der Waals surface area (Å²) in [5.74, 6) is 1.10. The molecule has 1 atom stereocenters. The molecular weight excluding hydrogens is 290 g/mol. The minimum absolute atomic E-state index is 0.0891. The van der Waals surface area contributed by atoms with Crippen LogP contribution in [0.3, 0.4) is 0 Å². The van der Waals surface area contributed by atoms with Crippen LogP contribution in [0.15, 0.2) is 30.6 Å². The molecule has 1 aromatic carbocycles. The van der Waals surface area contributed by atoms with Gasteiger partial charge in [-0.2, -0.15) is 0 Å². The van der Waals surface area contributed by atoms with Crippen LogP contribution in [0.4, 0.5) is 23.0 Å². The highest BCUT2D eigenvalue weighted by Gasteiger charge is 2.11. The van der Waals surface area contributed by atoms with Crippen molar-refractivity contribution in [3.63, 3.8) is 0 Å². The van der Waals surface area contributed by atoms with E-state index < -0.39 is 0 Å². The normalized spacial score (nSPS) is 12.0. The monoisotopic (exact) mass is 307 g/mol. The second kappa shape index (κ2) is 7.10. The predicted molar refractivity (Wildman–Crippen MR) is 86.1 cm³/mol. The summed E-state index contributed by atoms with van der Waals surface area (Å²) in [6, 6.07) is 7.42. The van der Waals surface area contributed by atoms with Gasteiger partial charge in [-0.15, -0.1) is 0 Å². The predicted octanol–water partition coefficient (Wildman–Crippen LogP) is 2.90. The Kier molecular flexibility index (Phi) is 5.19. The lowest BCUT2D eigenvalue weighted by molar-refractivity contribution is 0.190. The third-order valence-electron chi connectivity index (χ3n) is 2.77. The number of rotatable bonds is 6. The highest BCUT2D eigenvalue weighted by atomic mass is 35.5. The lowest BCUT2D eigenvalue weighted by Crippen LogP contribution is -2.22. The van der Waals surface area contributed by atoms with Crippen molar-refractivity contribution < 1.29 is 4.74 Å². The van der Waals surface area contributed by atoms with Crippen LogP contribution in [-0.4, -0.2) is 29.7 Å². The number of nitrogens with zero attached hydrogens (tertiary/aromatic N) is 2. The van der Waals surface area contributed by atoms with E-state index in [1.165, 1.54) is 6.33 Å². The Balaban J connectivity index is 2.17. The zero-order valence-corrected chi connectivity index (χ0v) is 12.7. The van der Waals surface area contributed by atoms with Gasteiger partial charge in [-0.3, -0.25) is 0 Å². The number of nitrogens with two attached hydrogens (primary N) is 1. The molecule has 1 unspecified atom stereocenters. The van der Waals surface area contributed by atoms with E-state index in [0.717, 1.165) is 5.69 Å². The lowest BCUT2D eigenvalue weighted by atomic mass is 10.3. The van der Waals surface area contributed by atoms with Crippen molar-refractivity contribution in [3.05, 3.63) is 35.6 Å². The van der Waals surface area contributed by atoms with Gasteiger partial charge >= 0.3 is 0 Å². The highest BCUT2D eigenvalue weighted by molar-refractivity contribution is 6.30. The van der Waals surface area contributed by atoms with Crippen molar-refractivity contribution in [1.29, 1.82) is 0 Å². The number of nitrogens with one attached hydrogen (secondary N) is 2. The second-order valence-corrected chi connectivity index (χ2v) is 5.06. The third kappa shape index (κ3) is 4.21. The van der Waals surface area contributed by atoms with Crippen LogP contribution in [0, 0.1) is 0 Å². The van der Waals surface area contributed by atoms with Crippen LogP contribution in [0.2, 0.25) is 5.02 Å². The van der Waals surface area contributed by atoms with Crippen LogP contribution < -0.4 is 16.4 Å². The van der Waals surface area contributed by atoms with Crippen LogP contribution in [0.1, 0.15) is 6.92 Å². The Morgan fingerprint density at radius 3 is 2.81 bits per heavy atom. The van der Waals surface area contributed by atoms with Gasteiger partial charge in [-0.25, -0.2) is 9.97 Å². The van der Waals surface area contributed by atoms with E-state index in [-0.39, 0.29) is 6.04 Å². The van der Waals surface area contributed by atoms with Crippen molar-refractivity contribution in [3.8, 4) is 0 Å². The second-order valence-electron chi connectivity index (χ2n) is 4.62. The number of anilines is 4. The Hall–Kier alpha value is -2.05. The van der Waals surface area contributed by atoms with Gasteiger partial charge in [0.25, 0.3) is 0 Å². The first kappa shape index (κ1) is 15.3. The summed E-state index contributed by atoms with van der Waals surface area (Å²) in [4.78, 5) is 8.31. The smallest absolute Gasteiger partial charge is 0.159 e. The van der Waals surface area contributed by atoms with E-state index in [9.17, 15) is 0 Å². The molecule has 0 saturated carbocycles. The quantitative estimate of drug-likeness (QED) is 0.761. The fourth-order valence-corrected chi connectivity index (χ4v) is 2.03. The standard InChI is InChI=1S/C14H18ClN5O/c1-9(7-21-2)19-13-12(16)14(18-8-17-13)20-11-5-3-4-10(15)6-11/h3-6,8-9H,7,16H2,1-2H3,(H2,17,18,19,20). The fourth-order valence-electron chi connectivity index (χ4n) is 1.84. The minimum Gasteiger partial charge on any atom is -0.393 e. The van der Waals surface area contributed by atoms with Crippen molar-refractivity contribution >= 4 is 34.6 Å². The Morgan fingerprint density at radius 2 is 2.10 bits per heavy atom. The van der Waals surface area contributed by atoms with E-state index in [2.05, 4.69) is 20.6 Å². The van der Waals surface area contributed by atoms with Gasteiger partial charge < -0.3 is 21.1 Å². The molecule has 2 aromatic rings. The fraction of sp³-hybridized carbons (Fsp3) is 0.286. The minimum atomic E-state index is 0.0891. The number of aromatic nitrogens is 2. The van der Waals surface area contributed by atoms with Crippen LogP contribution in [0.5, 0.6) is 0 Å². The molecule has 0 bridgehead atoms. The van der Waals surface area contributed by atoms with Crippen molar-refractivity contribution in [2.45, 2.75) is 13.0 Å².